The first-order valence-corrected chi connectivity index (χ1v) is 11.0. The molecule has 0 saturated heterocycles. The van der Waals surface area contributed by atoms with Crippen molar-refractivity contribution >= 4 is 17.0 Å². The average molecular weight is 417 g/mol. The number of furan rings is 1. The molecule has 0 aliphatic rings. The SMILES string of the molecule is CC.Cc1ccc(C#CC/C=C\c2coc3cc(C#Cc4ccc(C)cc4)ccc23)cc1. The van der Waals surface area contributed by atoms with Gasteiger partial charge in [-0.1, -0.05) is 85.1 Å². The van der Waals surface area contributed by atoms with Gasteiger partial charge >= 0.3 is 0 Å². The molecule has 4 aromatic rings. The van der Waals surface area contributed by atoms with Crippen molar-refractivity contribution in [2.24, 2.45) is 0 Å². The molecule has 0 N–H and O–H groups in total. The van der Waals surface area contributed by atoms with Gasteiger partial charge in [0, 0.05) is 34.1 Å². The van der Waals surface area contributed by atoms with E-state index in [2.05, 4.69) is 92.1 Å². The lowest BCUT2D eigenvalue weighted by Gasteiger charge is -1.94. The minimum Gasteiger partial charge on any atom is -0.464 e. The standard InChI is InChI=1S/C29H22O.C2H6/c1-22-8-12-24(13-9-22)6-4-3-5-7-27-21-30-29-20-26(18-19-28(27)29)17-16-25-14-10-23(2)11-15-25;1-2/h5,7-15,18-21H,3H2,1-2H3;1-2H3/b7-5-;. The maximum atomic E-state index is 5.74. The van der Waals surface area contributed by atoms with Gasteiger partial charge < -0.3 is 4.42 Å². The van der Waals surface area contributed by atoms with E-state index in [4.69, 9.17) is 4.42 Å². The van der Waals surface area contributed by atoms with Gasteiger partial charge in [0.25, 0.3) is 0 Å². The molecule has 1 aromatic heterocycles. The van der Waals surface area contributed by atoms with Crippen LogP contribution in [0.5, 0.6) is 0 Å². The van der Waals surface area contributed by atoms with Crippen LogP contribution in [-0.2, 0) is 0 Å². The van der Waals surface area contributed by atoms with E-state index in [-0.39, 0.29) is 0 Å². The third-order valence-electron chi connectivity index (χ3n) is 4.81. The maximum Gasteiger partial charge on any atom is 0.135 e. The molecule has 4 rings (SSSR count). The number of allylic oxidation sites excluding steroid dienone is 1. The Morgan fingerprint density at radius 2 is 1.28 bits per heavy atom. The van der Waals surface area contributed by atoms with Crippen LogP contribution >= 0.6 is 0 Å². The molecular formula is C31H28O. The van der Waals surface area contributed by atoms with Crippen LogP contribution in [0.25, 0.3) is 17.0 Å². The normalized spacial score (nSPS) is 10.0. The Hall–Kier alpha value is -3.94. The van der Waals surface area contributed by atoms with Gasteiger partial charge in [0.15, 0.2) is 0 Å². The second-order valence-electron chi connectivity index (χ2n) is 7.29. The van der Waals surface area contributed by atoms with Gasteiger partial charge in [-0.05, 0) is 56.3 Å². The highest BCUT2D eigenvalue weighted by molar-refractivity contribution is 5.88. The topological polar surface area (TPSA) is 13.1 Å². The predicted octanol–water partition coefficient (Wildman–Crippen LogP) is 7.93. The van der Waals surface area contributed by atoms with Crippen LogP contribution in [0.15, 0.2) is 83.5 Å². The molecule has 0 saturated carbocycles. The lowest BCUT2D eigenvalue weighted by molar-refractivity contribution is 0.615. The van der Waals surface area contributed by atoms with Gasteiger partial charge in [0.1, 0.15) is 5.58 Å². The van der Waals surface area contributed by atoms with Crippen LogP contribution < -0.4 is 0 Å². The Kier molecular flexibility index (Phi) is 8.14. The lowest BCUT2D eigenvalue weighted by Crippen LogP contribution is -1.78. The van der Waals surface area contributed by atoms with E-state index in [1.165, 1.54) is 11.1 Å². The van der Waals surface area contributed by atoms with Crippen molar-refractivity contribution < 1.29 is 4.42 Å². The van der Waals surface area contributed by atoms with Crippen molar-refractivity contribution in [3.8, 4) is 23.7 Å². The first-order chi connectivity index (χ1) is 15.7. The number of benzene rings is 3. The van der Waals surface area contributed by atoms with Crippen LogP contribution in [0.1, 0.15) is 53.6 Å². The summed E-state index contributed by atoms with van der Waals surface area (Å²) in [5.41, 5.74) is 7.38. The molecule has 0 atom stereocenters. The van der Waals surface area contributed by atoms with Crippen molar-refractivity contribution in [3.05, 3.63) is 112 Å². The van der Waals surface area contributed by atoms with Gasteiger partial charge in [0.05, 0.1) is 6.26 Å². The zero-order chi connectivity index (χ0) is 22.8. The molecule has 1 nitrogen and oxygen atoms in total. The Balaban J connectivity index is 0.00000141. The van der Waals surface area contributed by atoms with E-state index in [1.54, 1.807) is 6.26 Å². The van der Waals surface area contributed by atoms with Gasteiger partial charge in [-0.15, -0.1) is 0 Å². The monoisotopic (exact) mass is 416 g/mol. The molecule has 3 aromatic carbocycles. The molecule has 0 aliphatic carbocycles. The number of hydrogen-bond donors (Lipinski definition) is 0. The average Bonchev–Trinajstić information content (AvgIpc) is 3.23. The highest BCUT2D eigenvalue weighted by Gasteiger charge is 2.03. The van der Waals surface area contributed by atoms with Crippen LogP contribution in [-0.4, -0.2) is 0 Å². The van der Waals surface area contributed by atoms with E-state index in [1.807, 2.05) is 38.1 Å². The second-order valence-corrected chi connectivity index (χ2v) is 7.29. The van der Waals surface area contributed by atoms with E-state index in [9.17, 15) is 0 Å². The van der Waals surface area contributed by atoms with Gasteiger partial charge in [-0.25, -0.2) is 0 Å². The minimum atomic E-state index is 0.695. The van der Waals surface area contributed by atoms with Crippen LogP contribution in [0.2, 0.25) is 0 Å². The molecule has 0 fully saturated rings. The summed E-state index contributed by atoms with van der Waals surface area (Å²) < 4.78 is 5.74. The van der Waals surface area contributed by atoms with Gasteiger partial charge in [0.2, 0.25) is 0 Å². The van der Waals surface area contributed by atoms with Crippen LogP contribution in [0.3, 0.4) is 0 Å². The van der Waals surface area contributed by atoms with Crippen molar-refractivity contribution in [2.45, 2.75) is 34.1 Å². The smallest absolute Gasteiger partial charge is 0.135 e. The fourth-order valence-corrected chi connectivity index (χ4v) is 3.07. The van der Waals surface area contributed by atoms with Crippen molar-refractivity contribution in [1.29, 1.82) is 0 Å². The highest BCUT2D eigenvalue weighted by Crippen LogP contribution is 2.23. The molecule has 0 unspecified atom stereocenters. The molecular weight excluding hydrogens is 388 g/mol. The summed E-state index contributed by atoms with van der Waals surface area (Å²) >= 11 is 0. The Labute approximate surface area is 191 Å². The highest BCUT2D eigenvalue weighted by atomic mass is 16.3. The van der Waals surface area contributed by atoms with Crippen molar-refractivity contribution in [1.82, 2.24) is 0 Å². The fraction of sp³-hybridized carbons (Fsp3) is 0.161. The molecule has 32 heavy (non-hydrogen) atoms. The van der Waals surface area contributed by atoms with Crippen LogP contribution in [0.4, 0.5) is 0 Å². The Morgan fingerprint density at radius 1 is 0.719 bits per heavy atom. The summed E-state index contributed by atoms with van der Waals surface area (Å²) in [7, 11) is 0. The zero-order valence-electron chi connectivity index (χ0n) is 19.2. The van der Waals surface area contributed by atoms with Crippen molar-refractivity contribution in [3.63, 3.8) is 0 Å². The summed E-state index contributed by atoms with van der Waals surface area (Å²) in [5.74, 6) is 12.8. The maximum absolute atomic E-state index is 5.74. The lowest BCUT2D eigenvalue weighted by atomic mass is 10.1. The van der Waals surface area contributed by atoms with E-state index >= 15 is 0 Å². The fourth-order valence-electron chi connectivity index (χ4n) is 3.07. The summed E-state index contributed by atoms with van der Waals surface area (Å²) in [4.78, 5) is 0. The largest absolute Gasteiger partial charge is 0.464 e. The molecule has 0 bridgehead atoms. The quantitative estimate of drug-likeness (QED) is 0.302. The van der Waals surface area contributed by atoms with Gasteiger partial charge in [-0.3, -0.25) is 0 Å². The number of rotatable bonds is 2. The molecule has 1 heteroatoms. The Morgan fingerprint density at radius 3 is 1.94 bits per heavy atom. The Bertz CT molecular complexity index is 1310. The zero-order valence-corrected chi connectivity index (χ0v) is 19.2. The second kappa shape index (κ2) is 11.5. The predicted molar refractivity (Wildman–Crippen MR) is 136 cm³/mol. The molecule has 0 spiro atoms. The first-order valence-electron chi connectivity index (χ1n) is 11.0. The third-order valence-corrected chi connectivity index (χ3v) is 4.81. The number of fused-ring (bicyclic) bond motifs is 1. The van der Waals surface area contributed by atoms with E-state index in [0.717, 1.165) is 33.2 Å². The van der Waals surface area contributed by atoms with Crippen molar-refractivity contribution in [2.75, 3.05) is 0 Å². The summed E-state index contributed by atoms with van der Waals surface area (Å²) in [6, 6.07) is 22.6. The number of aryl methyl sites for hydroxylation is 2. The summed E-state index contributed by atoms with van der Waals surface area (Å²) in [6.07, 6.45) is 6.61. The van der Waals surface area contributed by atoms with Gasteiger partial charge in [-0.2, -0.15) is 0 Å². The molecule has 158 valence electrons. The first kappa shape index (κ1) is 22.7. The van der Waals surface area contributed by atoms with Crippen LogP contribution in [0, 0.1) is 37.5 Å². The molecule has 0 amide bonds. The molecule has 1 heterocycles. The molecule has 0 aliphatic heterocycles. The molecule has 0 radical (unpaired) electrons. The summed E-state index contributed by atoms with van der Waals surface area (Å²) in [6.45, 7) is 8.15. The third kappa shape index (κ3) is 6.28. The number of hydrogen-bond acceptors (Lipinski definition) is 1. The van der Waals surface area contributed by atoms with E-state index in [0.29, 0.717) is 6.42 Å². The summed E-state index contributed by atoms with van der Waals surface area (Å²) in [5, 5.41) is 1.08. The minimum absolute atomic E-state index is 0.695. The van der Waals surface area contributed by atoms with E-state index < -0.39 is 0 Å².